The number of unbranched alkanes of at least 4 members (excludes halogenated alkanes) is 1. The molecule has 2 aliphatic heterocycles. The highest BCUT2D eigenvalue weighted by Crippen LogP contribution is 2.58. The van der Waals surface area contributed by atoms with E-state index in [0.717, 1.165) is 24.2 Å². The van der Waals surface area contributed by atoms with E-state index in [2.05, 4.69) is 185 Å². The van der Waals surface area contributed by atoms with Gasteiger partial charge in [0, 0.05) is 58.9 Å². The number of rotatable bonds is 8. The third kappa shape index (κ3) is 6.54. The Morgan fingerprint density at radius 1 is 0.716 bits per heavy atom. The third-order valence-electron chi connectivity index (χ3n) is 21.2. The van der Waals surface area contributed by atoms with Crippen molar-refractivity contribution in [2.24, 2.45) is 17.8 Å². The summed E-state index contributed by atoms with van der Waals surface area (Å²) in [5.41, 5.74) is 25.3. The molecule has 74 heavy (non-hydrogen) atoms. The van der Waals surface area contributed by atoms with Gasteiger partial charge in [-0.1, -0.05) is 128 Å². The smallest absolute Gasteiger partial charge is 0.343 e. The molecule has 6 aromatic carbocycles. The zero-order chi connectivity index (χ0) is 50.2. The van der Waals surface area contributed by atoms with E-state index < -0.39 is 0 Å². The summed E-state index contributed by atoms with van der Waals surface area (Å²) in [6.07, 6.45) is 21.7. The van der Waals surface area contributed by atoms with Gasteiger partial charge in [-0.3, -0.25) is 0 Å². The zero-order valence-electron chi connectivity index (χ0n) is 45.6. The fourth-order valence-corrected chi connectivity index (χ4v) is 18.8. The van der Waals surface area contributed by atoms with Crippen LogP contribution >= 0.6 is 11.3 Å². The SMILES string of the molecule is CCCCc1ccc(N2c3cc(C)cc4c3B(c3sc5cc6c(cc5c32)C(C)(C)CCC6(C)C)n2c3ccc(C56CC=C(CC(C)C5)C6)cc3c3cc(C5(CC)CC6CCC(C6)C5)cc-4c32)c(-c2ccccc2)c1. The van der Waals surface area contributed by atoms with Crippen LogP contribution in [0.3, 0.4) is 0 Å². The molecule has 2 aromatic heterocycles. The molecule has 4 unspecified atom stereocenters. The fourth-order valence-electron chi connectivity index (χ4n) is 17.5. The number of aromatic nitrogens is 1. The number of allylic oxidation sites excluding steroid dienone is 2. The summed E-state index contributed by atoms with van der Waals surface area (Å²) < 4.78 is 5.82. The molecule has 15 rings (SSSR count). The molecule has 4 heteroatoms. The van der Waals surface area contributed by atoms with Crippen LogP contribution in [0, 0.1) is 24.7 Å². The zero-order valence-corrected chi connectivity index (χ0v) is 46.4. The van der Waals surface area contributed by atoms with Gasteiger partial charge in [0.2, 0.25) is 0 Å². The number of aryl methyl sites for hydroxylation is 2. The molecular weight excluding hydrogens is 912 g/mol. The third-order valence-corrected chi connectivity index (χ3v) is 22.4. The Balaban J connectivity index is 1.06. The molecule has 0 amide bonds. The molecule has 2 nitrogen and oxygen atoms in total. The van der Waals surface area contributed by atoms with Crippen LogP contribution in [-0.2, 0) is 28.1 Å². The molecule has 4 atom stereocenters. The Morgan fingerprint density at radius 2 is 1.49 bits per heavy atom. The van der Waals surface area contributed by atoms with E-state index in [0.29, 0.717) is 0 Å². The van der Waals surface area contributed by atoms with E-state index in [1.807, 2.05) is 0 Å². The van der Waals surface area contributed by atoms with Gasteiger partial charge < -0.3 is 9.38 Å². The van der Waals surface area contributed by atoms with Crippen molar-refractivity contribution in [2.75, 3.05) is 4.90 Å². The quantitative estimate of drug-likeness (QED) is 0.109. The molecule has 7 aliphatic rings. The van der Waals surface area contributed by atoms with E-state index in [1.165, 1.54) is 182 Å². The fraction of sp³-hybridized carbons (Fsp3) is 0.429. The van der Waals surface area contributed by atoms with Crippen LogP contribution in [-0.4, -0.2) is 11.3 Å². The van der Waals surface area contributed by atoms with Crippen LogP contribution in [0.1, 0.15) is 172 Å². The lowest BCUT2D eigenvalue weighted by Crippen LogP contribution is -2.55. The number of thiophene rings is 1. The first kappa shape index (κ1) is 46.0. The Kier molecular flexibility index (Phi) is 10.0. The van der Waals surface area contributed by atoms with Crippen molar-refractivity contribution in [3.8, 4) is 22.3 Å². The molecule has 0 radical (unpaired) electrons. The van der Waals surface area contributed by atoms with Crippen molar-refractivity contribution in [3.63, 3.8) is 0 Å². The Bertz CT molecular complexity index is 3700. The maximum absolute atomic E-state index is 2.91. The van der Waals surface area contributed by atoms with Gasteiger partial charge >= 0.3 is 6.85 Å². The number of anilines is 3. The van der Waals surface area contributed by atoms with Crippen LogP contribution in [0.4, 0.5) is 17.1 Å². The highest BCUT2D eigenvalue weighted by atomic mass is 32.1. The minimum Gasteiger partial charge on any atom is -0.375 e. The summed E-state index contributed by atoms with van der Waals surface area (Å²) in [4.78, 5) is 2.80. The average Bonchev–Trinajstić information content (AvgIpc) is 4.23. The molecule has 5 aliphatic carbocycles. The first-order chi connectivity index (χ1) is 35.7. The van der Waals surface area contributed by atoms with Crippen molar-refractivity contribution in [1.29, 1.82) is 0 Å². The lowest BCUT2D eigenvalue weighted by atomic mass is 9.48. The van der Waals surface area contributed by atoms with Gasteiger partial charge in [0.15, 0.2) is 0 Å². The van der Waals surface area contributed by atoms with Crippen LogP contribution in [0.15, 0.2) is 115 Å². The second-order valence-electron chi connectivity index (χ2n) is 26.9. The number of hydrogen-bond donors (Lipinski definition) is 0. The van der Waals surface area contributed by atoms with Gasteiger partial charge in [0.05, 0.1) is 11.4 Å². The molecule has 374 valence electrons. The maximum atomic E-state index is 2.91. The second kappa shape index (κ2) is 16.1. The lowest BCUT2D eigenvalue weighted by molar-refractivity contribution is 0.207. The van der Waals surface area contributed by atoms with E-state index in [-0.39, 0.29) is 28.5 Å². The predicted molar refractivity (Wildman–Crippen MR) is 319 cm³/mol. The molecule has 0 spiro atoms. The van der Waals surface area contributed by atoms with Crippen LogP contribution in [0.25, 0.3) is 54.1 Å². The Labute approximate surface area is 445 Å². The topological polar surface area (TPSA) is 8.17 Å². The second-order valence-corrected chi connectivity index (χ2v) is 28.0. The van der Waals surface area contributed by atoms with Crippen LogP contribution in [0.5, 0.6) is 0 Å². The molecule has 4 bridgehead atoms. The normalized spacial score (nSPS) is 25.7. The van der Waals surface area contributed by atoms with Gasteiger partial charge in [0.1, 0.15) is 0 Å². The molecule has 3 saturated carbocycles. The predicted octanol–water partition coefficient (Wildman–Crippen LogP) is 18.3. The van der Waals surface area contributed by atoms with Crippen molar-refractivity contribution in [3.05, 3.63) is 148 Å². The van der Waals surface area contributed by atoms with Crippen molar-refractivity contribution in [1.82, 2.24) is 4.48 Å². The van der Waals surface area contributed by atoms with Crippen LogP contribution < -0.4 is 15.1 Å². The summed E-state index contributed by atoms with van der Waals surface area (Å²) >= 11 is 2.10. The van der Waals surface area contributed by atoms with Gasteiger partial charge in [-0.2, -0.15) is 0 Å². The van der Waals surface area contributed by atoms with Crippen molar-refractivity contribution >= 4 is 77.4 Å². The lowest BCUT2D eigenvalue weighted by Gasteiger charge is -2.43. The molecule has 0 N–H and O–H groups in total. The Hall–Kier alpha value is -5.32. The van der Waals surface area contributed by atoms with Crippen molar-refractivity contribution in [2.45, 2.75) is 173 Å². The summed E-state index contributed by atoms with van der Waals surface area (Å²) in [5, 5.41) is 4.40. The molecule has 8 aromatic rings. The molecular formula is C70H75BN2S. The maximum Gasteiger partial charge on any atom is 0.343 e. The van der Waals surface area contributed by atoms with Crippen LogP contribution in [0.2, 0.25) is 0 Å². The number of nitrogens with zero attached hydrogens (tertiary/aromatic N) is 2. The summed E-state index contributed by atoms with van der Waals surface area (Å²) in [6.45, 7) is 19.8. The highest BCUT2D eigenvalue weighted by Gasteiger charge is 2.49. The van der Waals surface area contributed by atoms with E-state index in [1.54, 1.807) is 27.8 Å². The van der Waals surface area contributed by atoms with Gasteiger partial charge in [-0.05, 0) is 223 Å². The monoisotopic (exact) mass is 987 g/mol. The minimum atomic E-state index is 0.0359. The molecule has 0 saturated heterocycles. The van der Waals surface area contributed by atoms with E-state index >= 15 is 0 Å². The number of hydrogen-bond acceptors (Lipinski definition) is 2. The highest BCUT2D eigenvalue weighted by molar-refractivity contribution is 7.32. The van der Waals surface area contributed by atoms with E-state index in [4.69, 9.17) is 0 Å². The van der Waals surface area contributed by atoms with E-state index in [9.17, 15) is 0 Å². The van der Waals surface area contributed by atoms with Crippen molar-refractivity contribution < 1.29 is 0 Å². The Morgan fingerprint density at radius 3 is 2.26 bits per heavy atom. The first-order valence-corrected chi connectivity index (χ1v) is 30.1. The minimum absolute atomic E-state index is 0.0359. The first-order valence-electron chi connectivity index (χ1n) is 29.3. The van der Waals surface area contributed by atoms with Gasteiger partial charge in [0.25, 0.3) is 0 Å². The largest absolute Gasteiger partial charge is 0.375 e. The van der Waals surface area contributed by atoms with Gasteiger partial charge in [-0.15, -0.1) is 11.3 Å². The summed E-state index contributed by atoms with van der Waals surface area (Å²) in [5.74, 6) is 2.44. The number of fused-ring (bicyclic) bond motifs is 14. The average molecular weight is 987 g/mol. The summed E-state index contributed by atoms with van der Waals surface area (Å²) in [6, 6.07) is 42.9. The van der Waals surface area contributed by atoms with Gasteiger partial charge in [-0.25, -0.2) is 0 Å². The number of benzene rings is 6. The summed E-state index contributed by atoms with van der Waals surface area (Å²) in [7, 11) is 0. The molecule has 4 heterocycles. The standard InChI is InChI=1S/C70H75BN2S/c1-9-11-15-44-20-22-59(51(32-44)48-16-13-12-14-17-48)72-61-30-42(3)29-53-55-35-50(69(10-2)39-45-18-19-46(31-45)40-69)34-54-52-33-49(70-25-24-47(41-70)28-43(4)38-70)21-23-60(52)73(64(54)55)71(63(53)61)66-65(72)56-36-57-58(37-62(56)74-66)68(7,8)27-26-67(57,5)6/h12-14,16-17,20-24,29-30,32-37,43,45-46H,9-11,15,18-19,25-28,31,38-41H2,1-8H3. The molecule has 3 fully saturated rings.